The number of hydrogen-bond donors (Lipinski definition) is 1. The van der Waals surface area contributed by atoms with Gasteiger partial charge in [-0.3, -0.25) is 0 Å². The molecule has 1 N–H and O–H groups in total. The molecule has 0 radical (unpaired) electrons. The first-order valence-electron chi connectivity index (χ1n) is 9.53. The molecular weight excluding hydrogens is 360 g/mol. The molecule has 142 valence electrons. The number of rotatable bonds is 7. The van der Waals surface area contributed by atoms with Gasteiger partial charge in [-0.2, -0.15) is 0 Å². The Balaban J connectivity index is 1.36. The summed E-state index contributed by atoms with van der Waals surface area (Å²) < 4.78 is 5.67. The molecule has 0 unspecified atom stereocenters. The first-order valence-corrected chi connectivity index (χ1v) is 10.1. The maximum Gasteiger partial charge on any atom is 0.223 e. The topological polar surface area (TPSA) is 50.3 Å². The summed E-state index contributed by atoms with van der Waals surface area (Å²) in [5.41, 5.74) is 5.11. The van der Waals surface area contributed by atoms with Gasteiger partial charge >= 0.3 is 0 Å². The van der Waals surface area contributed by atoms with Crippen molar-refractivity contribution in [1.82, 2.24) is 14.9 Å². The molecule has 0 spiro atoms. The van der Waals surface area contributed by atoms with E-state index in [0.717, 1.165) is 56.0 Å². The van der Waals surface area contributed by atoms with Crippen molar-refractivity contribution >= 4 is 17.5 Å². The van der Waals surface area contributed by atoms with Gasteiger partial charge in [0, 0.05) is 43.2 Å². The molecule has 1 aromatic carbocycles. The van der Waals surface area contributed by atoms with Gasteiger partial charge in [0.25, 0.3) is 0 Å². The Morgan fingerprint density at radius 2 is 2.04 bits per heavy atom. The van der Waals surface area contributed by atoms with E-state index >= 15 is 0 Å². The Morgan fingerprint density at radius 1 is 1.26 bits per heavy atom. The van der Waals surface area contributed by atoms with Crippen LogP contribution >= 0.6 is 11.6 Å². The first kappa shape index (κ1) is 18.1. The molecular formula is C21H25ClN4O. The third-order valence-electron chi connectivity index (χ3n) is 5.22. The quantitative estimate of drug-likeness (QED) is 0.449. The van der Waals surface area contributed by atoms with Gasteiger partial charge in [0.1, 0.15) is 0 Å². The molecule has 6 heteroatoms. The Labute approximate surface area is 165 Å². The molecule has 0 fully saturated rings. The van der Waals surface area contributed by atoms with Crippen LogP contribution in [0, 0.1) is 0 Å². The van der Waals surface area contributed by atoms with E-state index in [9.17, 15) is 0 Å². The van der Waals surface area contributed by atoms with Crippen LogP contribution in [0.5, 0.6) is 0 Å². The minimum absolute atomic E-state index is 0.371. The Kier molecular flexibility index (Phi) is 5.48. The Bertz CT molecular complexity index is 801. The van der Waals surface area contributed by atoms with Crippen molar-refractivity contribution in [3.8, 4) is 0 Å². The highest BCUT2D eigenvalue weighted by atomic mass is 35.5. The third kappa shape index (κ3) is 4.19. The molecule has 0 amide bonds. The standard InChI is InChI=1S/C21H25ClN4O/c1-15(27-10-4-8-22)26-9-7-20-18(14-26)13-23-21(25-20)24-19-11-16-5-2-3-6-17(16)12-19/h2-3,5-6,13,19H,1,4,7-12,14H2,(H,23,24,25). The van der Waals surface area contributed by atoms with Gasteiger partial charge in [0.2, 0.25) is 5.95 Å². The number of halogens is 1. The molecule has 2 heterocycles. The molecule has 0 saturated carbocycles. The molecule has 1 aliphatic heterocycles. The minimum atomic E-state index is 0.371. The van der Waals surface area contributed by atoms with Crippen LogP contribution in [0.25, 0.3) is 0 Å². The van der Waals surface area contributed by atoms with Crippen molar-refractivity contribution < 1.29 is 4.74 Å². The predicted molar refractivity (Wildman–Crippen MR) is 108 cm³/mol. The van der Waals surface area contributed by atoms with Gasteiger partial charge in [-0.25, -0.2) is 9.97 Å². The van der Waals surface area contributed by atoms with Gasteiger partial charge in [-0.05, 0) is 37.0 Å². The van der Waals surface area contributed by atoms with Crippen LogP contribution < -0.4 is 5.32 Å². The number of hydrogen-bond acceptors (Lipinski definition) is 5. The maximum absolute atomic E-state index is 5.69. The van der Waals surface area contributed by atoms with E-state index in [1.807, 2.05) is 6.20 Å². The number of alkyl halides is 1. The van der Waals surface area contributed by atoms with E-state index in [1.54, 1.807) is 0 Å². The van der Waals surface area contributed by atoms with Crippen LogP contribution in [0.2, 0.25) is 0 Å². The van der Waals surface area contributed by atoms with E-state index in [-0.39, 0.29) is 0 Å². The summed E-state index contributed by atoms with van der Waals surface area (Å²) in [4.78, 5) is 11.5. The van der Waals surface area contributed by atoms with Crippen LogP contribution in [0.3, 0.4) is 0 Å². The normalized spacial score (nSPS) is 16.0. The van der Waals surface area contributed by atoms with Gasteiger partial charge in [-0.15, -0.1) is 11.6 Å². The average Bonchev–Trinajstić information content (AvgIpc) is 3.10. The fraction of sp³-hybridized carbons (Fsp3) is 0.429. The SMILES string of the molecule is C=C(OCCCCl)N1CCc2nc(NC3Cc4ccccc4C3)ncc2C1. The number of nitrogens with one attached hydrogen (secondary N) is 1. The highest BCUT2D eigenvalue weighted by Crippen LogP contribution is 2.25. The van der Waals surface area contributed by atoms with E-state index in [0.29, 0.717) is 24.4 Å². The van der Waals surface area contributed by atoms with Crippen LogP contribution in [0.15, 0.2) is 42.9 Å². The smallest absolute Gasteiger partial charge is 0.223 e. The molecule has 0 atom stereocenters. The zero-order chi connectivity index (χ0) is 18.6. The summed E-state index contributed by atoms with van der Waals surface area (Å²) in [5, 5.41) is 3.52. The second kappa shape index (κ2) is 8.17. The summed E-state index contributed by atoms with van der Waals surface area (Å²) >= 11 is 5.69. The Hall–Kier alpha value is -2.27. The van der Waals surface area contributed by atoms with Crippen molar-refractivity contribution in [3.63, 3.8) is 0 Å². The van der Waals surface area contributed by atoms with Gasteiger partial charge in [-0.1, -0.05) is 24.3 Å². The largest absolute Gasteiger partial charge is 0.479 e. The van der Waals surface area contributed by atoms with Crippen LogP contribution in [-0.4, -0.2) is 39.9 Å². The zero-order valence-corrected chi connectivity index (χ0v) is 16.2. The number of ether oxygens (including phenoxy) is 1. The van der Waals surface area contributed by atoms with Crippen LogP contribution in [0.1, 0.15) is 28.8 Å². The molecule has 1 aromatic heterocycles. The molecule has 2 aliphatic rings. The molecule has 0 bridgehead atoms. The monoisotopic (exact) mass is 384 g/mol. The lowest BCUT2D eigenvalue weighted by atomic mass is 10.1. The molecule has 4 rings (SSSR count). The molecule has 27 heavy (non-hydrogen) atoms. The number of fused-ring (bicyclic) bond motifs is 2. The average molecular weight is 385 g/mol. The number of nitrogens with zero attached hydrogens (tertiary/aromatic N) is 3. The first-order chi connectivity index (χ1) is 13.2. The number of anilines is 1. The molecule has 0 saturated heterocycles. The highest BCUT2D eigenvalue weighted by Gasteiger charge is 2.23. The van der Waals surface area contributed by atoms with E-state index in [1.165, 1.54) is 11.1 Å². The Morgan fingerprint density at radius 3 is 2.78 bits per heavy atom. The van der Waals surface area contributed by atoms with Gasteiger partial charge in [0.15, 0.2) is 5.88 Å². The summed E-state index contributed by atoms with van der Waals surface area (Å²) in [7, 11) is 0. The number of benzene rings is 1. The molecule has 1 aliphatic carbocycles. The summed E-state index contributed by atoms with van der Waals surface area (Å²) in [6.07, 6.45) is 5.70. The van der Waals surface area contributed by atoms with E-state index in [4.69, 9.17) is 21.3 Å². The predicted octanol–water partition coefficient (Wildman–Crippen LogP) is 3.53. The van der Waals surface area contributed by atoms with E-state index < -0.39 is 0 Å². The minimum Gasteiger partial charge on any atom is -0.479 e. The van der Waals surface area contributed by atoms with Crippen molar-refractivity contribution in [3.05, 3.63) is 65.3 Å². The van der Waals surface area contributed by atoms with Crippen molar-refractivity contribution in [2.45, 2.75) is 38.3 Å². The van der Waals surface area contributed by atoms with Crippen LogP contribution in [0.4, 0.5) is 5.95 Å². The molecule has 5 nitrogen and oxygen atoms in total. The highest BCUT2D eigenvalue weighted by molar-refractivity contribution is 6.17. The van der Waals surface area contributed by atoms with Gasteiger partial charge < -0.3 is 15.0 Å². The van der Waals surface area contributed by atoms with Crippen LogP contribution in [-0.2, 0) is 30.5 Å². The van der Waals surface area contributed by atoms with Gasteiger partial charge in [0.05, 0.1) is 12.3 Å². The fourth-order valence-corrected chi connectivity index (χ4v) is 3.89. The zero-order valence-electron chi connectivity index (χ0n) is 15.5. The lowest BCUT2D eigenvalue weighted by Crippen LogP contribution is -2.32. The summed E-state index contributed by atoms with van der Waals surface area (Å²) in [5.74, 6) is 2.04. The maximum atomic E-state index is 5.69. The lowest BCUT2D eigenvalue weighted by Gasteiger charge is -2.31. The lowest BCUT2D eigenvalue weighted by molar-refractivity contribution is 0.106. The number of aromatic nitrogens is 2. The van der Waals surface area contributed by atoms with E-state index in [2.05, 4.69) is 46.0 Å². The fourth-order valence-electron chi connectivity index (χ4n) is 3.78. The third-order valence-corrected chi connectivity index (χ3v) is 5.48. The second-order valence-corrected chi connectivity index (χ2v) is 7.52. The molecule has 2 aromatic rings. The second-order valence-electron chi connectivity index (χ2n) is 7.14. The van der Waals surface area contributed by atoms with Crippen molar-refractivity contribution in [2.75, 3.05) is 24.3 Å². The van der Waals surface area contributed by atoms with Crippen molar-refractivity contribution in [1.29, 1.82) is 0 Å². The summed E-state index contributed by atoms with van der Waals surface area (Å²) in [6, 6.07) is 9.00. The van der Waals surface area contributed by atoms with Crippen molar-refractivity contribution in [2.24, 2.45) is 0 Å². The summed E-state index contributed by atoms with van der Waals surface area (Å²) in [6.45, 7) is 6.24.